The van der Waals surface area contributed by atoms with Gasteiger partial charge in [-0.05, 0) is 56.5 Å². The number of benzene rings is 1. The van der Waals surface area contributed by atoms with Crippen LogP contribution in [0.1, 0.15) is 56.0 Å². The molecule has 0 bridgehead atoms. The Kier molecular flexibility index (Phi) is 9.13. The monoisotopic (exact) mass is 361 g/mol. The fourth-order valence-corrected chi connectivity index (χ4v) is 2.29. The maximum absolute atomic E-state index is 12.2. The van der Waals surface area contributed by atoms with Crippen molar-refractivity contribution in [2.24, 2.45) is 5.11 Å². The second kappa shape index (κ2) is 10.8. The summed E-state index contributed by atoms with van der Waals surface area (Å²) in [5.74, 6) is -0.0234. The number of azide groups is 1. The summed E-state index contributed by atoms with van der Waals surface area (Å²) in [5, 5.41) is 9.81. The Morgan fingerprint density at radius 3 is 2.50 bits per heavy atom. The second-order valence-electron chi connectivity index (χ2n) is 7.11. The van der Waals surface area contributed by atoms with E-state index in [0.29, 0.717) is 25.3 Å². The predicted molar refractivity (Wildman–Crippen MR) is 104 cm³/mol. The molecule has 0 spiro atoms. The van der Waals surface area contributed by atoms with Crippen LogP contribution in [-0.2, 0) is 4.74 Å². The number of rotatable bonds is 11. The summed E-state index contributed by atoms with van der Waals surface area (Å²) < 4.78 is 5.56. The van der Waals surface area contributed by atoms with E-state index in [4.69, 9.17) is 10.3 Å². The number of ether oxygens (including phenoxy) is 1. The van der Waals surface area contributed by atoms with Gasteiger partial charge in [0, 0.05) is 35.2 Å². The fourth-order valence-electron chi connectivity index (χ4n) is 2.29. The normalized spacial score (nSPS) is 13.6. The van der Waals surface area contributed by atoms with Crippen LogP contribution in [0.25, 0.3) is 10.4 Å². The second-order valence-corrected chi connectivity index (χ2v) is 7.11. The highest BCUT2D eigenvalue weighted by atomic mass is 16.5. The van der Waals surface area contributed by atoms with E-state index in [0.717, 1.165) is 12.0 Å². The summed E-state index contributed by atoms with van der Waals surface area (Å²) >= 11 is 0. The lowest BCUT2D eigenvalue weighted by molar-refractivity contribution is 0.0894. The third-order valence-corrected chi connectivity index (χ3v) is 4.74. The Morgan fingerprint density at radius 2 is 1.92 bits per heavy atom. The summed E-state index contributed by atoms with van der Waals surface area (Å²) in [6.07, 6.45) is 0.908. The van der Waals surface area contributed by atoms with E-state index in [1.807, 2.05) is 33.0 Å². The third kappa shape index (κ3) is 7.44. The molecule has 2 N–H and O–H groups in total. The van der Waals surface area contributed by atoms with E-state index in [-0.39, 0.29) is 23.4 Å². The van der Waals surface area contributed by atoms with Gasteiger partial charge in [0.2, 0.25) is 0 Å². The number of nitrogens with zero attached hydrogens (tertiary/aromatic N) is 3. The average molecular weight is 361 g/mol. The smallest absolute Gasteiger partial charge is 0.251 e. The number of hydrogen-bond acceptors (Lipinski definition) is 4. The molecule has 0 aliphatic heterocycles. The van der Waals surface area contributed by atoms with Crippen molar-refractivity contribution in [3.05, 3.63) is 45.8 Å². The molecule has 1 rings (SSSR count). The summed E-state index contributed by atoms with van der Waals surface area (Å²) in [6, 6.07) is 7.25. The van der Waals surface area contributed by atoms with E-state index < -0.39 is 0 Å². The fraction of sp³-hybridized carbons (Fsp3) is 0.632. The summed E-state index contributed by atoms with van der Waals surface area (Å²) in [6.45, 7) is 9.74. The van der Waals surface area contributed by atoms with Crippen LogP contribution < -0.4 is 10.6 Å². The van der Waals surface area contributed by atoms with Crippen LogP contribution in [0.2, 0.25) is 0 Å². The van der Waals surface area contributed by atoms with Crippen LogP contribution in [0, 0.1) is 0 Å². The average Bonchev–Trinajstić information content (AvgIpc) is 2.64. The van der Waals surface area contributed by atoms with Crippen molar-refractivity contribution in [1.82, 2.24) is 10.6 Å². The van der Waals surface area contributed by atoms with Crippen LogP contribution in [0.3, 0.4) is 0 Å². The van der Waals surface area contributed by atoms with Crippen LogP contribution in [-0.4, -0.2) is 44.3 Å². The molecule has 1 amide bonds. The number of amides is 1. The van der Waals surface area contributed by atoms with Crippen molar-refractivity contribution >= 4 is 5.91 Å². The van der Waals surface area contributed by atoms with E-state index in [9.17, 15) is 4.79 Å². The zero-order valence-corrected chi connectivity index (χ0v) is 16.5. The van der Waals surface area contributed by atoms with Gasteiger partial charge in [0.15, 0.2) is 0 Å². The Bertz CT molecular complexity index is 609. The van der Waals surface area contributed by atoms with Crippen molar-refractivity contribution in [2.75, 3.05) is 26.8 Å². The lowest BCUT2D eigenvalue weighted by Gasteiger charge is -2.23. The lowest BCUT2D eigenvalue weighted by atomic mass is 9.94. The first-order valence-corrected chi connectivity index (χ1v) is 8.99. The van der Waals surface area contributed by atoms with Crippen molar-refractivity contribution in [1.29, 1.82) is 0 Å². The first-order chi connectivity index (χ1) is 12.3. The molecule has 0 aliphatic carbocycles. The number of hydrogen-bond donors (Lipinski definition) is 2. The Balaban J connectivity index is 2.38. The minimum absolute atomic E-state index is 0.0537. The molecule has 26 heavy (non-hydrogen) atoms. The van der Waals surface area contributed by atoms with Gasteiger partial charge < -0.3 is 15.4 Å². The molecule has 0 saturated carbocycles. The molecule has 1 unspecified atom stereocenters. The van der Waals surface area contributed by atoms with Gasteiger partial charge in [-0.1, -0.05) is 31.1 Å². The van der Waals surface area contributed by atoms with E-state index in [1.165, 1.54) is 0 Å². The molecule has 0 radical (unpaired) electrons. The molecule has 7 heteroatoms. The summed E-state index contributed by atoms with van der Waals surface area (Å²) in [7, 11) is 1.93. The third-order valence-electron chi connectivity index (χ3n) is 4.74. The molecule has 1 aromatic carbocycles. The number of nitrogens with one attached hydrogen (secondary N) is 2. The minimum Gasteiger partial charge on any atom is -0.380 e. The highest BCUT2D eigenvalue weighted by Gasteiger charge is 2.14. The first-order valence-electron chi connectivity index (χ1n) is 8.99. The largest absolute Gasteiger partial charge is 0.380 e. The van der Waals surface area contributed by atoms with Crippen LogP contribution in [0.15, 0.2) is 29.4 Å². The van der Waals surface area contributed by atoms with Gasteiger partial charge in [0.1, 0.15) is 0 Å². The number of carbonyl (C=O) groups is 1. The lowest BCUT2D eigenvalue weighted by Crippen LogP contribution is -2.37. The molecular weight excluding hydrogens is 330 g/mol. The van der Waals surface area contributed by atoms with Gasteiger partial charge in [0.25, 0.3) is 5.91 Å². The first kappa shape index (κ1) is 22.0. The van der Waals surface area contributed by atoms with Crippen molar-refractivity contribution in [3.8, 4) is 0 Å². The van der Waals surface area contributed by atoms with Gasteiger partial charge in [-0.2, -0.15) is 0 Å². The van der Waals surface area contributed by atoms with Gasteiger partial charge in [-0.25, -0.2) is 0 Å². The van der Waals surface area contributed by atoms with Crippen LogP contribution >= 0.6 is 0 Å². The minimum atomic E-state index is -0.135. The molecule has 0 fully saturated rings. The zero-order chi connectivity index (χ0) is 19.6. The maximum atomic E-state index is 12.2. The van der Waals surface area contributed by atoms with Gasteiger partial charge in [-0.3, -0.25) is 4.79 Å². The van der Waals surface area contributed by atoms with E-state index in [1.54, 1.807) is 12.1 Å². The van der Waals surface area contributed by atoms with Crippen molar-refractivity contribution in [3.63, 3.8) is 0 Å². The van der Waals surface area contributed by atoms with Crippen molar-refractivity contribution in [2.45, 2.75) is 51.6 Å². The predicted octanol–water partition coefficient (Wildman–Crippen LogP) is 3.62. The molecule has 1 aromatic rings. The van der Waals surface area contributed by atoms with Crippen molar-refractivity contribution < 1.29 is 9.53 Å². The molecule has 0 saturated heterocycles. The van der Waals surface area contributed by atoms with E-state index >= 15 is 0 Å². The summed E-state index contributed by atoms with van der Waals surface area (Å²) in [4.78, 5) is 15.0. The summed E-state index contributed by atoms with van der Waals surface area (Å²) in [5.41, 5.74) is 10.2. The molecule has 2 atom stereocenters. The molecule has 0 aromatic heterocycles. The van der Waals surface area contributed by atoms with E-state index in [2.05, 4.69) is 34.5 Å². The molecule has 7 nitrogen and oxygen atoms in total. The molecule has 0 heterocycles. The topological polar surface area (TPSA) is 99.1 Å². The standard InChI is InChI=1S/C19H31N5O2/c1-14(15(2)23-24-20)16-6-8-17(9-7-16)18(25)22-11-13-26-12-10-19(3,4)21-5/h6-9,14-15,21H,10-13H2,1-5H3,(H,22,25)/t14-,15?/m0/s1. The molecule has 0 aliphatic rings. The SMILES string of the molecule is CNC(C)(C)CCOCCNC(=O)c1ccc([C@@H](C)C(C)N=[N+]=[N-])cc1. The quantitative estimate of drug-likeness (QED) is 0.272. The van der Waals surface area contributed by atoms with Gasteiger partial charge in [0.05, 0.1) is 6.61 Å². The molecule has 144 valence electrons. The Labute approximate surface area is 156 Å². The van der Waals surface area contributed by atoms with Gasteiger partial charge >= 0.3 is 0 Å². The molecular formula is C19H31N5O2. The zero-order valence-electron chi connectivity index (χ0n) is 16.5. The Hall–Kier alpha value is -2.08. The van der Waals surface area contributed by atoms with Crippen LogP contribution in [0.4, 0.5) is 0 Å². The van der Waals surface area contributed by atoms with Crippen LogP contribution in [0.5, 0.6) is 0 Å². The highest BCUT2D eigenvalue weighted by Crippen LogP contribution is 2.21. The maximum Gasteiger partial charge on any atom is 0.251 e. The van der Waals surface area contributed by atoms with Gasteiger partial charge in [-0.15, -0.1) is 0 Å². The highest BCUT2D eigenvalue weighted by molar-refractivity contribution is 5.94. The Morgan fingerprint density at radius 1 is 1.27 bits per heavy atom. The number of carbonyl (C=O) groups excluding carboxylic acids is 1.